The number of hydrogen-bond donors (Lipinski definition) is 1. The van der Waals surface area contributed by atoms with Crippen LogP contribution in [0.5, 0.6) is 11.5 Å². The zero-order valence-electron chi connectivity index (χ0n) is 24.6. The summed E-state index contributed by atoms with van der Waals surface area (Å²) in [6.45, 7) is 6.88. The predicted octanol–water partition coefficient (Wildman–Crippen LogP) is 7.15. The smallest absolute Gasteiger partial charge is 0.256 e. The van der Waals surface area contributed by atoms with E-state index in [0.717, 1.165) is 64.3 Å². The van der Waals surface area contributed by atoms with Gasteiger partial charge in [0.15, 0.2) is 17.8 Å². The Morgan fingerprint density at radius 3 is 2.65 bits per heavy atom. The van der Waals surface area contributed by atoms with E-state index in [2.05, 4.69) is 46.4 Å². The van der Waals surface area contributed by atoms with Crippen molar-refractivity contribution in [3.05, 3.63) is 96.0 Å². The number of nitrogens with zero attached hydrogens (tertiary/aromatic N) is 3. The van der Waals surface area contributed by atoms with Crippen LogP contribution in [0, 0.1) is 6.92 Å². The van der Waals surface area contributed by atoms with E-state index < -0.39 is 0 Å². The number of ether oxygens (including phenoxy) is 1. The Labute approximate surface area is 256 Å². The van der Waals surface area contributed by atoms with Crippen LogP contribution in [0.15, 0.2) is 89.7 Å². The molecule has 0 aliphatic carbocycles. The molecule has 8 heteroatoms. The Morgan fingerprint density at radius 2 is 1.88 bits per heavy atom. The molecule has 1 N–H and O–H groups in total. The number of benzene rings is 3. The van der Waals surface area contributed by atoms with Gasteiger partial charge in [-0.2, -0.15) is 0 Å². The zero-order valence-corrected chi connectivity index (χ0v) is 25.4. The quantitative estimate of drug-likeness (QED) is 0.0689. The molecule has 1 amide bonds. The standard InChI is InChI=1S/C35H36N4O3S/c1-3-38-16-6-9-29(38)12-15-37-35(41)28(22-40)21-39-31-18-26-7-4-5-8-27(26)19-32(31)42-33-20-30(17-24(2)34(33)39)43-23-25-10-13-36-14-11-25/h4-5,7-8,10-11,13-14,17-22,29H,3,6,9,12,15-16,23H2,1-2H3,(H,37,41)/b28-21+. The number of pyridine rings is 1. The minimum Gasteiger partial charge on any atom is -0.453 e. The molecule has 0 saturated carbocycles. The number of likely N-dealkylation sites (tertiary alicyclic amines) is 1. The Morgan fingerprint density at radius 1 is 1.09 bits per heavy atom. The van der Waals surface area contributed by atoms with Crippen molar-refractivity contribution in [1.82, 2.24) is 15.2 Å². The van der Waals surface area contributed by atoms with Crippen LogP contribution < -0.4 is 15.0 Å². The second kappa shape index (κ2) is 13.0. The molecule has 1 fully saturated rings. The number of anilines is 2. The lowest BCUT2D eigenvalue weighted by Gasteiger charge is -2.32. The lowest BCUT2D eigenvalue weighted by molar-refractivity contribution is -0.119. The molecule has 220 valence electrons. The molecule has 2 aliphatic heterocycles. The van der Waals surface area contributed by atoms with Gasteiger partial charge in [0.2, 0.25) is 0 Å². The number of aromatic nitrogens is 1. The molecule has 0 bridgehead atoms. The summed E-state index contributed by atoms with van der Waals surface area (Å²) < 4.78 is 6.52. The Balaban J connectivity index is 1.31. The SMILES string of the molecule is CCN1CCCC1CCNC(=O)/C(C=O)=C/N1c2cc3ccccc3cc2Oc2cc(SCc3ccncc3)cc(C)c21. The first-order valence-corrected chi connectivity index (χ1v) is 15.9. The number of carbonyl (C=O) groups excluding carboxylic acids is 2. The van der Waals surface area contributed by atoms with Crippen molar-refractivity contribution in [2.75, 3.05) is 24.5 Å². The van der Waals surface area contributed by atoms with E-state index in [1.54, 1.807) is 30.4 Å². The van der Waals surface area contributed by atoms with Gasteiger partial charge in [-0.3, -0.25) is 14.6 Å². The average molecular weight is 593 g/mol. The van der Waals surface area contributed by atoms with Crippen molar-refractivity contribution >= 4 is 46.1 Å². The first-order chi connectivity index (χ1) is 21.0. The second-order valence-electron chi connectivity index (χ2n) is 11.0. The molecular weight excluding hydrogens is 556 g/mol. The maximum atomic E-state index is 13.3. The fraction of sp³-hybridized carbons (Fsp3) is 0.286. The van der Waals surface area contributed by atoms with Gasteiger partial charge in [-0.05, 0) is 97.6 Å². The molecule has 3 aromatic carbocycles. The molecular formula is C35H36N4O3S. The first-order valence-electron chi connectivity index (χ1n) is 14.9. The van der Waals surface area contributed by atoms with Crippen LogP contribution in [0.4, 0.5) is 11.4 Å². The number of hydrogen-bond acceptors (Lipinski definition) is 7. The van der Waals surface area contributed by atoms with Gasteiger partial charge in [0.05, 0.1) is 16.9 Å². The Kier molecular flexibility index (Phi) is 8.77. The van der Waals surface area contributed by atoms with Gasteiger partial charge in [0, 0.05) is 41.8 Å². The third-order valence-corrected chi connectivity index (χ3v) is 9.31. The summed E-state index contributed by atoms with van der Waals surface area (Å²) in [4.78, 5) is 35.2. The van der Waals surface area contributed by atoms with E-state index in [1.807, 2.05) is 48.2 Å². The van der Waals surface area contributed by atoms with E-state index in [1.165, 1.54) is 12.0 Å². The topological polar surface area (TPSA) is 74.8 Å². The summed E-state index contributed by atoms with van der Waals surface area (Å²) in [5.74, 6) is 1.79. The average Bonchev–Trinajstić information content (AvgIpc) is 3.49. The van der Waals surface area contributed by atoms with Gasteiger partial charge in [-0.1, -0.05) is 31.2 Å². The van der Waals surface area contributed by atoms with Crippen LogP contribution in [-0.4, -0.2) is 47.8 Å². The highest BCUT2D eigenvalue weighted by molar-refractivity contribution is 7.98. The summed E-state index contributed by atoms with van der Waals surface area (Å²) in [5, 5.41) is 5.09. The van der Waals surface area contributed by atoms with Gasteiger partial charge in [0.1, 0.15) is 0 Å². The normalized spacial score (nSPS) is 16.5. The number of thioether (sulfide) groups is 1. The highest BCUT2D eigenvalue weighted by Crippen LogP contribution is 2.51. The van der Waals surface area contributed by atoms with E-state index in [9.17, 15) is 9.59 Å². The van der Waals surface area contributed by atoms with Crippen LogP contribution in [0.1, 0.15) is 37.3 Å². The van der Waals surface area contributed by atoms with Gasteiger partial charge >= 0.3 is 0 Å². The van der Waals surface area contributed by atoms with Crippen molar-refractivity contribution in [2.24, 2.45) is 0 Å². The monoisotopic (exact) mass is 592 g/mol. The van der Waals surface area contributed by atoms with Crippen LogP contribution in [0.25, 0.3) is 10.8 Å². The van der Waals surface area contributed by atoms with Crippen LogP contribution in [-0.2, 0) is 15.3 Å². The summed E-state index contributed by atoms with van der Waals surface area (Å²) in [5.41, 5.74) is 3.84. The molecule has 1 aromatic heterocycles. The zero-order chi connectivity index (χ0) is 29.8. The fourth-order valence-electron chi connectivity index (χ4n) is 6.06. The van der Waals surface area contributed by atoms with E-state index in [4.69, 9.17) is 4.74 Å². The molecule has 3 heterocycles. The number of fused-ring (bicyclic) bond motifs is 3. The fourth-order valence-corrected chi connectivity index (χ4v) is 7.03. The molecule has 1 atom stereocenters. The van der Waals surface area contributed by atoms with Crippen molar-refractivity contribution in [3.8, 4) is 11.5 Å². The van der Waals surface area contributed by atoms with Gasteiger partial charge < -0.3 is 19.9 Å². The van der Waals surface area contributed by atoms with Gasteiger partial charge in [0.25, 0.3) is 5.91 Å². The maximum absolute atomic E-state index is 13.3. The van der Waals surface area contributed by atoms with Crippen LogP contribution in [0.3, 0.4) is 0 Å². The molecule has 6 rings (SSSR count). The van der Waals surface area contributed by atoms with Gasteiger partial charge in [-0.15, -0.1) is 11.8 Å². The highest BCUT2D eigenvalue weighted by atomic mass is 32.2. The molecule has 0 spiro atoms. The first kappa shape index (κ1) is 29.0. The molecule has 1 saturated heterocycles. The van der Waals surface area contributed by atoms with E-state index in [0.29, 0.717) is 30.4 Å². The lowest BCUT2D eigenvalue weighted by Crippen LogP contribution is -2.34. The molecule has 7 nitrogen and oxygen atoms in total. The number of aryl methyl sites for hydroxylation is 1. The van der Waals surface area contributed by atoms with Crippen molar-refractivity contribution in [2.45, 2.75) is 49.8 Å². The van der Waals surface area contributed by atoms with Crippen LogP contribution in [0.2, 0.25) is 0 Å². The van der Waals surface area contributed by atoms with E-state index >= 15 is 0 Å². The largest absolute Gasteiger partial charge is 0.453 e. The highest BCUT2D eigenvalue weighted by Gasteiger charge is 2.28. The summed E-state index contributed by atoms with van der Waals surface area (Å²) in [7, 11) is 0. The number of amides is 1. The summed E-state index contributed by atoms with van der Waals surface area (Å²) in [6.07, 6.45) is 9.13. The van der Waals surface area contributed by atoms with Crippen LogP contribution >= 0.6 is 11.8 Å². The van der Waals surface area contributed by atoms with Crippen molar-refractivity contribution in [3.63, 3.8) is 0 Å². The Bertz CT molecular complexity index is 1670. The van der Waals surface area contributed by atoms with E-state index in [-0.39, 0.29) is 11.5 Å². The van der Waals surface area contributed by atoms with Crippen molar-refractivity contribution in [1.29, 1.82) is 0 Å². The minimum absolute atomic E-state index is 0.0706. The summed E-state index contributed by atoms with van der Waals surface area (Å²) in [6, 6.07) is 20.8. The van der Waals surface area contributed by atoms with Crippen molar-refractivity contribution < 1.29 is 14.3 Å². The lowest BCUT2D eigenvalue weighted by atomic mass is 10.0. The molecule has 4 aromatic rings. The maximum Gasteiger partial charge on any atom is 0.256 e. The van der Waals surface area contributed by atoms with Gasteiger partial charge in [-0.25, -0.2) is 0 Å². The molecule has 1 unspecified atom stereocenters. The molecule has 43 heavy (non-hydrogen) atoms. The molecule has 0 radical (unpaired) electrons. The number of aldehydes is 1. The Hall–Kier alpha value is -4.14. The predicted molar refractivity (Wildman–Crippen MR) is 173 cm³/mol. The number of rotatable bonds is 10. The third kappa shape index (κ3) is 6.31. The molecule has 2 aliphatic rings. The number of carbonyl (C=O) groups is 2. The minimum atomic E-state index is -0.367. The third-order valence-electron chi connectivity index (χ3n) is 8.27. The summed E-state index contributed by atoms with van der Waals surface area (Å²) >= 11 is 1.72. The second-order valence-corrected chi connectivity index (χ2v) is 12.1. The number of nitrogens with one attached hydrogen (secondary N) is 1.